The lowest BCUT2D eigenvalue weighted by atomic mass is 9.98. The lowest BCUT2D eigenvalue weighted by Crippen LogP contribution is -2.20. The number of anilines is 1. The van der Waals surface area contributed by atoms with E-state index in [0.29, 0.717) is 40.3 Å². The van der Waals surface area contributed by atoms with Gasteiger partial charge in [0.2, 0.25) is 5.91 Å². The second-order valence-electron chi connectivity index (χ2n) is 6.60. The van der Waals surface area contributed by atoms with Crippen LogP contribution in [0.15, 0.2) is 47.0 Å². The van der Waals surface area contributed by atoms with E-state index in [9.17, 15) is 4.79 Å². The van der Waals surface area contributed by atoms with Crippen LogP contribution in [0.2, 0.25) is 5.02 Å². The minimum absolute atomic E-state index is 0.210. The van der Waals surface area contributed by atoms with Crippen molar-refractivity contribution >= 4 is 23.2 Å². The molecular formula is C22H23ClN2O4. The Kier molecular flexibility index (Phi) is 6.44. The first-order chi connectivity index (χ1) is 13.9. The lowest BCUT2D eigenvalue weighted by molar-refractivity contribution is -0.117. The molecule has 0 aliphatic heterocycles. The fraction of sp³-hybridized carbons (Fsp3) is 0.273. The minimum Gasteiger partial charge on any atom is -0.494 e. The molecule has 6 nitrogen and oxygen atoms in total. The molecule has 0 spiro atoms. The van der Waals surface area contributed by atoms with Crippen molar-refractivity contribution in [3.8, 4) is 17.2 Å². The van der Waals surface area contributed by atoms with Crippen LogP contribution in [0.3, 0.4) is 0 Å². The summed E-state index contributed by atoms with van der Waals surface area (Å²) in [6, 6.07) is 12.3. The van der Waals surface area contributed by atoms with Gasteiger partial charge < -0.3 is 19.3 Å². The average Bonchev–Trinajstić information content (AvgIpc) is 3.03. The maximum Gasteiger partial charge on any atom is 0.231 e. The molecule has 152 valence electrons. The number of nitrogens with one attached hydrogen (secondary N) is 1. The number of hydrogen-bond acceptors (Lipinski definition) is 5. The highest BCUT2D eigenvalue weighted by Crippen LogP contribution is 2.34. The van der Waals surface area contributed by atoms with Crippen LogP contribution in [0.1, 0.15) is 36.8 Å². The molecule has 0 saturated carbocycles. The van der Waals surface area contributed by atoms with Gasteiger partial charge >= 0.3 is 0 Å². The Morgan fingerprint density at radius 1 is 1.17 bits per heavy atom. The number of halogens is 1. The number of hydrogen-bond donors (Lipinski definition) is 1. The maximum atomic E-state index is 12.9. The van der Waals surface area contributed by atoms with Gasteiger partial charge in [0.05, 0.1) is 23.9 Å². The SMILES string of the molecule is CCOc1ccc(Oc2ccc(Cl)cc2NC(=O)C(C)c2c(C)noc2C)cc1. The third-order valence-corrected chi connectivity index (χ3v) is 4.71. The van der Waals surface area contributed by atoms with E-state index in [0.717, 1.165) is 11.3 Å². The molecular weight excluding hydrogens is 392 g/mol. The Labute approximate surface area is 174 Å². The van der Waals surface area contributed by atoms with Crippen molar-refractivity contribution in [2.24, 2.45) is 0 Å². The van der Waals surface area contributed by atoms with Crippen LogP contribution in [-0.2, 0) is 4.79 Å². The van der Waals surface area contributed by atoms with E-state index < -0.39 is 5.92 Å². The van der Waals surface area contributed by atoms with E-state index in [4.69, 9.17) is 25.6 Å². The smallest absolute Gasteiger partial charge is 0.231 e. The van der Waals surface area contributed by atoms with Crippen molar-refractivity contribution in [3.63, 3.8) is 0 Å². The predicted molar refractivity (Wildman–Crippen MR) is 112 cm³/mol. The van der Waals surface area contributed by atoms with Gasteiger partial charge in [-0.25, -0.2) is 0 Å². The van der Waals surface area contributed by atoms with E-state index in [-0.39, 0.29) is 5.91 Å². The Morgan fingerprint density at radius 3 is 2.48 bits per heavy atom. The minimum atomic E-state index is -0.446. The van der Waals surface area contributed by atoms with Crippen molar-refractivity contribution in [3.05, 3.63) is 64.5 Å². The standard InChI is InChI=1S/C22H23ClN2O4/c1-5-27-17-7-9-18(10-8-17)28-20-11-6-16(23)12-19(20)24-22(26)13(2)21-14(3)25-29-15(21)4/h6-13H,5H2,1-4H3,(H,24,26). The second kappa shape index (κ2) is 9.01. The van der Waals surface area contributed by atoms with Crippen molar-refractivity contribution in [1.29, 1.82) is 0 Å². The summed E-state index contributed by atoms with van der Waals surface area (Å²) in [5, 5.41) is 7.32. The summed E-state index contributed by atoms with van der Waals surface area (Å²) in [6.45, 7) is 7.93. The van der Waals surface area contributed by atoms with Crippen LogP contribution in [0.4, 0.5) is 5.69 Å². The van der Waals surface area contributed by atoms with Gasteiger partial charge in [-0.2, -0.15) is 0 Å². The Balaban J connectivity index is 1.80. The van der Waals surface area contributed by atoms with Crippen molar-refractivity contribution in [2.75, 3.05) is 11.9 Å². The zero-order valence-corrected chi connectivity index (χ0v) is 17.5. The summed E-state index contributed by atoms with van der Waals surface area (Å²) in [4.78, 5) is 12.9. The molecule has 7 heteroatoms. The predicted octanol–water partition coefficient (Wildman–Crippen LogP) is 5.88. The van der Waals surface area contributed by atoms with Crippen molar-refractivity contribution in [1.82, 2.24) is 5.16 Å². The van der Waals surface area contributed by atoms with E-state index >= 15 is 0 Å². The van der Waals surface area contributed by atoms with Crippen LogP contribution in [-0.4, -0.2) is 17.7 Å². The lowest BCUT2D eigenvalue weighted by Gasteiger charge is -2.16. The first-order valence-corrected chi connectivity index (χ1v) is 9.70. The molecule has 0 radical (unpaired) electrons. The molecule has 0 aliphatic carbocycles. The molecule has 3 aromatic rings. The molecule has 29 heavy (non-hydrogen) atoms. The number of benzene rings is 2. The van der Waals surface area contributed by atoms with Crippen molar-refractivity contribution < 1.29 is 18.8 Å². The zero-order valence-electron chi connectivity index (χ0n) is 16.8. The summed E-state index contributed by atoms with van der Waals surface area (Å²) < 4.78 is 16.6. The number of carbonyl (C=O) groups excluding carboxylic acids is 1. The fourth-order valence-electron chi connectivity index (χ4n) is 3.07. The maximum absolute atomic E-state index is 12.9. The molecule has 0 aliphatic rings. The van der Waals surface area contributed by atoms with Crippen LogP contribution < -0.4 is 14.8 Å². The van der Waals surface area contributed by atoms with Gasteiger partial charge in [-0.05, 0) is 70.2 Å². The Morgan fingerprint density at radius 2 is 1.86 bits per heavy atom. The molecule has 2 aromatic carbocycles. The van der Waals surface area contributed by atoms with Gasteiger partial charge in [0, 0.05) is 10.6 Å². The highest BCUT2D eigenvalue weighted by atomic mass is 35.5. The average molecular weight is 415 g/mol. The number of carbonyl (C=O) groups is 1. The second-order valence-corrected chi connectivity index (χ2v) is 7.03. The topological polar surface area (TPSA) is 73.6 Å². The van der Waals surface area contributed by atoms with E-state index in [2.05, 4.69) is 10.5 Å². The molecule has 1 heterocycles. The monoisotopic (exact) mass is 414 g/mol. The first kappa shape index (κ1) is 20.7. The third kappa shape index (κ3) is 4.90. The summed E-state index contributed by atoms with van der Waals surface area (Å²) in [5.74, 6) is 1.83. The number of amides is 1. The van der Waals surface area contributed by atoms with E-state index in [1.165, 1.54) is 0 Å². The van der Waals surface area contributed by atoms with Gasteiger partial charge in [0.1, 0.15) is 17.3 Å². The van der Waals surface area contributed by atoms with Gasteiger partial charge in [0.15, 0.2) is 5.75 Å². The van der Waals surface area contributed by atoms with Gasteiger partial charge in [-0.1, -0.05) is 16.8 Å². The molecule has 0 fully saturated rings. The molecule has 1 atom stereocenters. The fourth-order valence-corrected chi connectivity index (χ4v) is 3.24. The molecule has 0 saturated heterocycles. The number of rotatable bonds is 7. The summed E-state index contributed by atoms with van der Waals surface area (Å²) in [5.41, 5.74) is 1.95. The summed E-state index contributed by atoms with van der Waals surface area (Å²) >= 11 is 6.14. The molecule has 1 aromatic heterocycles. The normalized spacial score (nSPS) is 11.8. The molecule has 1 unspecified atom stereocenters. The Bertz CT molecular complexity index is 979. The zero-order chi connectivity index (χ0) is 21.0. The number of nitrogens with zero attached hydrogens (tertiary/aromatic N) is 1. The molecule has 1 amide bonds. The van der Waals surface area contributed by atoms with Crippen LogP contribution in [0.25, 0.3) is 0 Å². The third-order valence-electron chi connectivity index (χ3n) is 4.48. The highest BCUT2D eigenvalue weighted by molar-refractivity contribution is 6.31. The number of ether oxygens (including phenoxy) is 2. The number of aryl methyl sites for hydroxylation is 2. The molecule has 3 rings (SSSR count). The quantitative estimate of drug-likeness (QED) is 0.522. The van der Waals surface area contributed by atoms with E-state index in [1.54, 1.807) is 44.2 Å². The molecule has 0 bridgehead atoms. The van der Waals surface area contributed by atoms with E-state index in [1.807, 2.05) is 26.0 Å². The highest BCUT2D eigenvalue weighted by Gasteiger charge is 2.24. The van der Waals surface area contributed by atoms with Crippen LogP contribution in [0.5, 0.6) is 17.2 Å². The largest absolute Gasteiger partial charge is 0.494 e. The van der Waals surface area contributed by atoms with Crippen molar-refractivity contribution in [2.45, 2.75) is 33.6 Å². The molecule has 1 N–H and O–H groups in total. The summed E-state index contributed by atoms with van der Waals surface area (Å²) in [6.07, 6.45) is 0. The van der Waals surface area contributed by atoms with Gasteiger partial charge in [-0.15, -0.1) is 0 Å². The number of aromatic nitrogens is 1. The first-order valence-electron chi connectivity index (χ1n) is 9.33. The van der Waals surface area contributed by atoms with Gasteiger partial charge in [0.25, 0.3) is 0 Å². The van der Waals surface area contributed by atoms with Gasteiger partial charge in [-0.3, -0.25) is 4.79 Å². The van der Waals surface area contributed by atoms with Crippen LogP contribution >= 0.6 is 11.6 Å². The summed E-state index contributed by atoms with van der Waals surface area (Å²) in [7, 11) is 0. The van der Waals surface area contributed by atoms with Crippen LogP contribution in [0, 0.1) is 13.8 Å². The Hall–Kier alpha value is -2.99.